The third-order valence-electron chi connectivity index (χ3n) is 5.31. The van der Waals surface area contributed by atoms with Crippen LogP contribution < -0.4 is 10.1 Å². The summed E-state index contributed by atoms with van der Waals surface area (Å²) in [5.41, 5.74) is -0.0564. The van der Waals surface area contributed by atoms with E-state index in [1.807, 2.05) is 31.2 Å². The van der Waals surface area contributed by atoms with Crippen molar-refractivity contribution in [2.45, 2.75) is 58.1 Å². The largest absolute Gasteiger partial charge is 0.492 e. The number of rotatable bonds is 8. The van der Waals surface area contributed by atoms with Crippen molar-refractivity contribution in [1.29, 1.82) is 0 Å². The lowest BCUT2D eigenvalue weighted by Gasteiger charge is -2.33. The van der Waals surface area contributed by atoms with Crippen molar-refractivity contribution >= 4 is 11.6 Å². The zero-order valence-corrected chi connectivity index (χ0v) is 16.0. The second kappa shape index (κ2) is 9.20. The van der Waals surface area contributed by atoms with Crippen LogP contribution in [0.25, 0.3) is 0 Å². The van der Waals surface area contributed by atoms with Crippen LogP contribution in [0.2, 0.25) is 0 Å². The average Bonchev–Trinajstić information content (AvgIpc) is 2.64. The summed E-state index contributed by atoms with van der Waals surface area (Å²) in [5, 5.41) is 2.90. The van der Waals surface area contributed by atoms with E-state index < -0.39 is 5.60 Å². The molecule has 1 aromatic rings. The summed E-state index contributed by atoms with van der Waals surface area (Å²) in [6, 6.07) is 8.17. The summed E-state index contributed by atoms with van der Waals surface area (Å²) in [4.78, 5) is 14.8. The van der Waals surface area contributed by atoms with Gasteiger partial charge < -0.3 is 14.8 Å². The SMILES string of the molecule is CC[C@@](C)(OC)C(=O)Nc1ccc(OCCN2CCCC[C@@H]2C)cc1. The summed E-state index contributed by atoms with van der Waals surface area (Å²) in [6.45, 7) is 8.84. The van der Waals surface area contributed by atoms with Gasteiger partial charge in [0.1, 0.15) is 18.0 Å². The first kappa shape index (κ1) is 19.7. The van der Waals surface area contributed by atoms with E-state index in [9.17, 15) is 4.79 Å². The Morgan fingerprint density at radius 3 is 2.64 bits per heavy atom. The topological polar surface area (TPSA) is 50.8 Å². The second-order valence-corrected chi connectivity index (χ2v) is 7.00. The first-order chi connectivity index (χ1) is 12.0. The fourth-order valence-electron chi connectivity index (χ4n) is 3.07. The van der Waals surface area contributed by atoms with Crippen molar-refractivity contribution < 1.29 is 14.3 Å². The summed E-state index contributed by atoms with van der Waals surface area (Å²) in [6.07, 6.45) is 4.53. The van der Waals surface area contributed by atoms with Gasteiger partial charge in [-0.1, -0.05) is 13.3 Å². The van der Waals surface area contributed by atoms with Crippen molar-refractivity contribution in [3.8, 4) is 5.75 Å². The number of carbonyl (C=O) groups excluding carboxylic acids is 1. The molecule has 1 N–H and O–H groups in total. The molecule has 140 valence electrons. The fourth-order valence-corrected chi connectivity index (χ4v) is 3.07. The Bertz CT molecular complexity index is 540. The Kier molecular flexibility index (Phi) is 7.26. The number of piperidine rings is 1. The smallest absolute Gasteiger partial charge is 0.256 e. The molecule has 5 nitrogen and oxygen atoms in total. The molecule has 2 rings (SSSR count). The van der Waals surface area contributed by atoms with Gasteiger partial charge in [0.25, 0.3) is 5.91 Å². The number of likely N-dealkylation sites (tertiary alicyclic amines) is 1. The molecule has 0 spiro atoms. The number of nitrogens with one attached hydrogen (secondary N) is 1. The van der Waals surface area contributed by atoms with E-state index in [-0.39, 0.29) is 5.91 Å². The van der Waals surface area contributed by atoms with E-state index in [0.29, 0.717) is 19.1 Å². The molecule has 2 atom stereocenters. The molecule has 0 saturated carbocycles. The van der Waals surface area contributed by atoms with Crippen LogP contribution in [-0.2, 0) is 9.53 Å². The summed E-state index contributed by atoms with van der Waals surface area (Å²) >= 11 is 0. The van der Waals surface area contributed by atoms with Gasteiger partial charge in [0.15, 0.2) is 0 Å². The van der Waals surface area contributed by atoms with E-state index in [1.165, 1.54) is 25.8 Å². The number of ether oxygens (including phenoxy) is 2. The van der Waals surface area contributed by atoms with Crippen molar-refractivity contribution in [1.82, 2.24) is 4.90 Å². The molecule has 1 amide bonds. The molecular weight excluding hydrogens is 316 g/mol. The van der Waals surface area contributed by atoms with Crippen molar-refractivity contribution in [2.24, 2.45) is 0 Å². The quantitative estimate of drug-likeness (QED) is 0.778. The van der Waals surface area contributed by atoms with Gasteiger partial charge in [-0.3, -0.25) is 9.69 Å². The van der Waals surface area contributed by atoms with Crippen LogP contribution in [-0.4, -0.2) is 49.3 Å². The van der Waals surface area contributed by atoms with E-state index in [2.05, 4.69) is 17.1 Å². The van der Waals surface area contributed by atoms with Gasteiger partial charge in [-0.25, -0.2) is 0 Å². The number of methoxy groups -OCH3 is 1. The summed E-state index contributed by atoms with van der Waals surface area (Å²) < 4.78 is 11.2. The number of nitrogens with zero attached hydrogens (tertiary/aromatic N) is 1. The lowest BCUT2D eigenvalue weighted by Crippen LogP contribution is -2.41. The molecule has 1 aromatic carbocycles. The van der Waals surface area contributed by atoms with Crippen molar-refractivity contribution in [3.05, 3.63) is 24.3 Å². The molecule has 0 aliphatic carbocycles. The third-order valence-corrected chi connectivity index (χ3v) is 5.31. The number of hydrogen-bond donors (Lipinski definition) is 1. The minimum absolute atomic E-state index is 0.134. The molecule has 1 saturated heterocycles. The normalized spacial score (nSPS) is 20.7. The first-order valence-electron chi connectivity index (χ1n) is 9.32. The number of anilines is 1. The Labute approximate surface area is 151 Å². The number of carbonyl (C=O) groups is 1. The number of hydrogen-bond acceptors (Lipinski definition) is 4. The molecular formula is C20H32N2O3. The second-order valence-electron chi connectivity index (χ2n) is 7.00. The molecule has 25 heavy (non-hydrogen) atoms. The Hall–Kier alpha value is -1.59. The highest BCUT2D eigenvalue weighted by molar-refractivity contribution is 5.97. The van der Waals surface area contributed by atoms with E-state index >= 15 is 0 Å². The number of amides is 1. The first-order valence-corrected chi connectivity index (χ1v) is 9.32. The van der Waals surface area contributed by atoms with Crippen LogP contribution in [0.3, 0.4) is 0 Å². The lowest BCUT2D eigenvalue weighted by molar-refractivity contribution is -0.136. The maximum atomic E-state index is 12.3. The van der Waals surface area contributed by atoms with Gasteiger partial charge in [-0.05, 0) is 63.9 Å². The van der Waals surface area contributed by atoms with Gasteiger partial charge in [0, 0.05) is 25.4 Å². The molecule has 0 aromatic heterocycles. The van der Waals surface area contributed by atoms with Gasteiger partial charge >= 0.3 is 0 Å². The highest BCUT2D eigenvalue weighted by Gasteiger charge is 2.30. The van der Waals surface area contributed by atoms with Crippen LogP contribution in [0.4, 0.5) is 5.69 Å². The maximum Gasteiger partial charge on any atom is 0.256 e. The summed E-state index contributed by atoms with van der Waals surface area (Å²) in [5.74, 6) is 0.693. The van der Waals surface area contributed by atoms with Crippen LogP contribution in [0.5, 0.6) is 5.75 Å². The zero-order valence-electron chi connectivity index (χ0n) is 16.0. The van der Waals surface area contributed by atoms with Gasteiger partial charge in [0.05, 0.1) is 0 Å². The van der Waals surface area contributed by atoms with Gasteiger partial charge in [-0.15, -0.1) is 0 Å². The predicted octanol–water partition coefficient (Wildman–Crippen LogP) is 3.69. The summed E-state index contributed by atoms with van der Waals surface area (Å²) in [7, 11) is 1.56. The molecule has 1 aliphatic heterocycles. The lowest BCUT2D eigenvalue weighted by atomic mass is 10.0. The zero-order chi connectivity index (χ0) is 18.3. The Balaban J connectivity index is 1.80. The van der Waals surface area contributed by atoms with Crippen LogP contribution in [0.15, 0.2) is 24.3 Å². The Morgan fingerprint density at radius 1 is 1.32 bits per heavy atom. The minimum atomic E-state index is -0.805. The fraction of sp³-hybridized carbons (Fsp3) is 0.650. The standard InChI is InChI=1S/C20H32N2O3/c1-5-20(3,24-4)19(23)21-17-9-11-18(12-10-17)25-15-14-22-13-7-6-8-16(22)2/h9-12,16H,5-8,13-15H2,1-4H3,(H,21,23)/t16-,20+/m0/s1. The van der Waals surface area contributed by atoms with E-state index in [0.717, 1.165) is 18.0 Å². The van der Waals surface area contributed by atoms with Crippen LogP contribution in [0.1, 0.15) is 46.5 Å². The van der Waals surface area contributed by atoms with Crippen molar-refractivity contribution in [3.63, 3.8) is 0 Å². The maximum absolute atomic E-state index is 12.3. The Morgan fingerprint density at radius 2 is 2.04 bits per heavy atom. The molecule has 0 radical (unpaired) electrons. The van der Waals surface area contributed by atoms with Gasteiger partial charge in [0.2, 0.25) is 0 Å². The average molecular weight is 348 g/mol. The van der Waals surface area contributed by atoms with Gasteiger partial charge in [-0.2, -0.15) is 0 Å². The minimum Gasteiger partial charge on any atom is -0.492 e. The highest BCUT2D eigenvalue weighted by Crippen LogP contribution is 2.20. The molecule has 5 heteroatoms. The van der Waals surface area contributed by atoms with E-state index in [1.54, 1.807) is 14.0 Å². The van der Waals surface area contributed by atoms with Crippen molar-refractivity contribution in [2.75, 3.05) is 32.1 Å². The molecule has 0 bridgehead atoms. The molecule has 1 fully saturated rings. The molecule has 1 heterocycles. The predicted molar refractivity (Wildman–Crippen MR) is 101 cm³/mol. The number of benzene rings is 1. The molecule has 1 aliphatic rings. The van der Waals surface area contributed by atoms with Crippen LogP contribution >= 0.6 is 0 Å². The van der Waals surface area contributed by atoms with E-state index in [4.69, 9.17) is 9.47 Å². The third kappa shape index (κ3) is 5.44. The molecule has 0 unspecified atom stereocenters. The monoisotopic (exact) mass is 348 g/mol. The highest BCUT2D eigenvalue weighted by atomic mass is 16.5. The van der Waals surface area contributed by atoms with Crippen LogP contribution in [0, 0.1) is 0 Å².